The molecule has 0 spiro atoms. The van der Waals surface area contributed by atoms with Gasteiger partial charge in [0.15, 0.2) is 0 Å². The van der Waals surface area contributed by atoms with Gasteiger partial charge in [-0.2, -0.15) is 0 Å². The van der Waals surface area contributed by atoms with Gasteiger partial charge in [0.25, 0.3) is 0 Å². The first-order valence-electron chi connectivity index (χ1n) is 6.56. The van der Waals surface area contributed by atoms with Crippen LogP contribution in [0.3, 0.4) is 0 Å². The Morgan fingerprint density at radius 1 is 1.33 bits per heavy atom. The van der Waals surface area contributed by atoms with Crippen LogP contribution in [-0.2, 0) is 6.61 Å². The molecule has 0 bridgehead atoms. The molecule has 1 aliphatic rings. The summed E-state index contributed by atoms with van der Waals surface area (Å²) in [6, 6.07) is 3.09. The van der Waals surface area contributed by atoms with Crippen molar-refractivity contribution >= 4 is 5.82 Å². The van der Waals surface area contributed by atoms with E-state index >= 15 is 0 Å². The van der Waals surface area contributed by atoms with Crippen molar-refractivity contribution in [1.29, 1.82) is 0 Å². The van der Waals surface area contributed by atoms with Gasteiger partial charge in [-0.15, -0.1) is 0 Å². The lowest BCUT2D eigenvalue weighted by molar-refractivity contribution is 0.169. The number of aromatic nitrogens is 1. The van der Waals surface area contributed by atoms with Crippen LogP contribution in [0, 0.1) is 6.92 Å². The fourth-order valence-electron chi connectivity index (χ4n) is 2.62. The summed E-state index contributed by atoms with van der Waals surface area (Å²) >= 11 is 0. The lowest BCUT2D eigenvalue weighted by atomic mass is 10.1. The molecule has 1 aromatic rings. The van der Waals surface area contributed by atoms with Crippen LogP contribution < -0.4 is 4.90 Å². The molecule has 1 fully saturated rings. The van der Waals surface area contributed by atoms with E-state index in [9.17, 15) is 0 Å². The number of rotatable bonds is 2. The van der Waals surface area contributed by atoms with Crippen molar-refractivity contribution in [3.05, 3.63) is 23.4 Å². The highest BCUT2D eigenvalue weighted by Gasteiger charge is 2.27. The molecule has 2 unspecified atom stereocenters. The lowest BCUT2D eigenvalue weighted by Gasteiger charge is -2.43. The van der Waals surface area contributed by atoms with Gasteiger partial charge in [-0.05, 0) is 45.0 Å². The minimum Gasteiger partial charge on any atom is -0.392 e. The first-order chi connectivity index (χ1) is 8.52. The molecule has 1 N–H and O–H groups in total. The van der Waals surface area contributed by atoms with E-state index in [0.717, 1.165) is 30.0 Å². The van der Waals surface area contributed by atoms with Crippen LogP contribution in [0.5, 0.6) is 0 Å². The van der Waals surface area contributed by atoms with E-state index in [4.69, 9.17) is 5.11 Å². The van der Waals surface area contributed by atoms with Crippen molar-refractivity contribution < 1.29 is 5.11 Å². The average Bonchev–Trinajstić information content (AvgIpc) is 2.35. The molecule has 1 saturated heterocycles. The van der Waals surface area contributed by atoms with Crippen LogP contribution >= 0.6 is 0 Å². The first kappa shape index (κ1) is 13.3. The molecule has 2 atom stereocenters. The zero-order valence-electron chi connectivity index (χ0n) is 11.7. The zero-order valence-corrected chi connectivity index (χ0v) is 11.7. The third-order valence-electron chi connectivity index (χ3n) is 3.95. The van der Waals surface area contributed by atoms with Crippen LogP contribution in [0.2, 0.25) is 0 Å². The van der Waals surface area contributed by atoms with E-state index in [-0.39, 0.29) is 6.61 Å². The minimum absolute atomic E-state index is 0.0592. The van der Waals surface area contributed by atoms with E-state index in [2.05, 4.69) is 42.6 Å². The molecule has 1 aliphatic heterocycles. The van der Waals surface area contributed by atoms with E-state index < -0.39 is 0 Å². The highest BCUT2D eigenvalue weighted by atomic mass is 16.3. The molecule has 0 amide bonds. The Labute approximate surface area is 109 Å². The summed E-state index contributed by atoms with van der Waals surface area (Å²) in [6.07, 6.45) is 1.77. The summed E-state index contributed by atoms with van der Waals surface area (Å²) in [5, 5.41) is 9.12. The Kier molecular flexibility index (Phi) is 3.88. The van der Waals surface area contributed by atoms with Crippen LogP contribution in [-0.4, -0.2) is 47.2 Å². The number of aryl methyl sites for hydroxylation is 1. The number of nitrogens with zero attached hydrogens (tertiary/aromatic N) is 3. The quantitative estimate of drug-likeness (QED) is 0.860. The SMILES string of the molecule is Cc1cc(CO)cnc1N1CC(C)N(C)C(C)C1. The predicted octanol–water partition coefficient (Wildman–Crippen LogP) is 1.41. The maximum Gasteiger partial charge on any atom is 0.131 e. The van der Waals surface area contributed by atoms with E-state index in [1.54, 1.807) is 6.20 Å². The molecule has 2 heterocycles. The fourth-order valence-corrected chi connectivity index (χ4v) is 2.62. The maximum atomic E-state index is 9.12. The Hall–Kier alpha value is -1.13. The Balaban J connectivity index is 2.21. The van der Waals surface area contributed by atoms with Gasteiger partial charge in [0.1, 0.15) is 5.82 Å². The lowest BCUT2D eigenvalue weighted by Crippen LogP contribution is -2.55. The number of likely N-dealkylation sites (N-methyl/N-ethyl adjacent to an activating group) is 1. The standard InChI is InChI=1S/C14H23N3O/c1-10-5-13(9-18)6-15-14(10)17-7-11(2)16(4)12(3)8-17/h5-6,11-12,18H,7-9H2,1-4H3. The predicted molar refractivity (Wildman–Crippen MR) is 73.8 cm³/mol. The number of hydrogen-bond donors (Lipinski definition) is 1. The topological polar surface area (TPSA) is 39.6 Å². The average molecular weight is 249 g/mol. The number of pyridine rings is 1. The maximum absolute atomic E-state index is 9.12. The van der Waals surface area contributed by atoms with Crippen LogP contribution in [0.4, 0.5) is 5.82 Å². The molecule has 0 aliphatic carbocycles. The number of piperazine rings is 1. The smallest absolute Gasteiger partial charge is 0.131 e. The molecule has 0 aromatic carbocycles. The summed E-state index contributed by atoms with van der Waals surface area (Å²) in [5.74, 6) is 1.05. The molecule has 100 valence electrons. The minimum atomic E-state index is 0.0592. The fraction of sp³-hybridized carbons (Fsp3) is 0.643. The molecule has 1 aromatic heterocycles. The summed E-state index contributed by atoms with van der Waals surface area (Å²) in [5.41, 5.74) is 2.02. The second-order valence-corrected chi connectivity index (χ2v) is 5.41. The van der Waals surface area contributed by atoms with Gasteiger partial charge in [-0.25, -0.2) is 4.98 Å². The third-order valence-corrected chi connectivity index (χ3v) is 3.95. The molecule has 18 heavy (non-hydrogen) atoms. The number of aliphatic hydroxyl groups excluding tert-OH is 1. The number of aliphatic hydroxyl groups is 1. The summed E-state index contributed by atoms with van der Waals surface area (Å²) in [6.45, 7) is 8.64. The molecular formula is C14H23N3O. The van der Waals surface area contributed by atoms with Gasteiger partial charge >= 0.3 is 0 Å². The summed E-state index contributed by atoms with van der Waals surface area (Å²) in [4.78, 5) is 9.28. The van der Waals surface area contributed by atoms with Crippen molar-refractivity contribution in [2.75, 3.05) is 25.0 Å². The number of hydrogen-bond acceptors (Lipinski definition) is 4. The van der Waals surface area contributed by atoms with Gasteiger partial charge < -0.3 is 10.0 Å². The highest BCUT2D eigenvalue weighted by molar-refractivity contribution is 5.48. The molecule has 0 radical (unpaired) electrons. The van der Waals surface area contributed by atoms with E-state index in [1.165, 1.54) is 0 Å². The van der Waals surface area contributed by atoms with Gasteiger partial charge in [0, 0.05) is 31.4 Å². The van der Waals surface area contributed by atoms with Crippen LogP contribution in [0.1, 0.15) is 25.0 Å². The summed E-state index contributed by atoms with van der Waals surface area (Å²) < 4.78 is 0. The molecule has 2 rings (SSSR count). The molecule has 4 nitrogen and oxygen atoms in total. The van der Waals surface area contributed by atoms with Crippen molar-refractivity contribution in [3.8, 4) is 0 Å². The van der Waals surface area contributed by atoms with Crippen LogP contribution in [0.15, 0.2) is 12.3 Å². The second kappa shape index (κ2) is 5.24. The third kappa shape index (κ3) is 2.49. The second-order valence-electron chi connectivity index (χ2n) is 5.41. The van der Waals surface area contributed by atoms with Crippen molar-refractivity contribution in [2.45, 2.75) is 39.5 Å². The molecular weight excluding hydrogens is 226 g/mol. The van der Waals surface area contributed by atoms with Gasteiger partial charge in [0.05, 0.1) is 6.61 Å². The van der Waals surface area contributed by atoms with Gasteiger partial charge in [-0.1, -0.05) is 0 Å². The number of anilines is 1. The molecule has 0 saturated carbocycles. The van der Waals surface area contributed by atoms with E-state index in [1.807, 2.05) is 6.07 Å². The Bertz CT molecular complexity index is 410. The van der Waals surface area contributed by atoms with Gasteiger partial charge in [-0.3, -0.25) is 4.90 Å². The normalized spacial score (nSPS) is 25.5. The van der Waals surface area contributed by atoms with Crippen molar-refractivity contribution in [2.24, 2.45) is 0 Å². The summed E-state index contributed by atoms with van der Waals surface area (Å²) in [7, 11) is 2.18. The monoisotopic (exact) mass is 249 g/mol. The zero-order chi connectivity index (χ0) is 13.3. The van der Waals surface area contributed by atoms with Crippen molar-refractivity contribution in [3.63, 3.8) is 0 Å². The molecule has 4 heteroatoms. The van der Waals surface area contributed by atoms with Crippen LogP contribution in [0.25, 0.3) is 0 Å². The van der Waals surface area contributed by atoms with E-state index in [0.29, 0.717) is 12.1 Å². The largest absolute Gasteiger partial charge is 0.392 e. The van der Waals surface area contributed by atoms with Gasteiger partial charge in [0.2, 0.25) is 0 Å². The highest BCUT2D eigenvalue weighted by Crippen LogP contribution is 2.23. The Morgan fingerprint density at radius 3 is 2.44 bits per heavy atom. The van der Waals surface area contributed by atoms with Crippen molar-refractivity contribution in [1.82, 2.24) is 9.88 Å². The Morgan fingerprint density at radius 2 is 1.94 bits per heavy atom. The first-order valence-corrected chi connectivity index (χ1v) is 6.56.